The molecule has 0 aromatic heterocycles. The van der Waals surface area contributed by atoms with Gasteiger partial charge < -0.3 is 39.7 Å². The Labute approximate surface area is 175 Å². The molecule has 2 fully saturated rings. The molecule has 0 unspecified atom stereocenters. The van der Waals surface area contributed by atoms with Crippen molar-refractivity contribution >= 4 is 12.0 Å². The number of likely N-dealkylation sites (N-methyl/N-ethyl adjacent to an activating group) is 1. The van der Waals surface area contributed by atoms with Crippen LogP contribution in [-0.4, -0.2) is 100 Å². The number of carbonyl (C=O) groups excluding carboxylic acids is 1. The Morgan fingerprint density at radius 1 is 1.23 bits per heavy atom. The van der Waals surface area contributed by atoms with Crippen molar-refractivity contribution in [3.8, 4) is 11.5 Å². The van der Waals surface area contributed by atoms with Crippen molar-refractivity contribution in [3.05, 3.63) is 29.3 Å². The van der Waals surface area contributed by atoms with E-state index in [-0.39, 0.29) is 17.4 Å². The van der Waals surface area contributed by atoms with Crippen molar-refractivity contribution in [1.29, 1.82) is 0 Å². The monoisotopic (exact) mass is 422 g/mol. The third-order valence-corrected chi connectivity index (χ3v) is 5.47. The van der Waals surface area contributed by atoms with Crippen molar-refractivity contribution in [2.45, 2.75) is 44.6 Å². The number of phenols is 1. The van der Waals surface area contributed by atoms with Gasteiger partial charge >= 0.3 is 0 Å². The maximum absolute atomic E-state index is 12.6. The van der Waals surface area contributed by atoms with Gasteiger partial charge in [-0.15, -0.1) is 0 Å². The number of benzene rings is 1. The second kappa shape index (κ2) is 9.32. The standard InChI is InChI=1S/C21H30N2O7/c1-12(20(28)23-8-6-22(3)7-9-23)10-14-4-5-16(15(25)11-14)29-21-18(27)17(26)19(30-21)13(2)24/h4-5,10-11,13,17-19,21,24-27H,6-9H2,1-3H3/b12-10+/t13-,17-,18-,19+,21+/m0/s1. The Morgan fingerprint density at radius 2 is 1.90 bits per heavy atom. The van der Waals surface area contributed by atoms with Crippen LogP contribution >= 0.6 is 0 Å². The van der Waals surface area contributed by atoms with Crippen LogP contribution in [0.3, 0.4) is 0 Å². The predicted octanol–water partition coefficient (Wildman–Crippen LogP) is -0.224. The van der Waals surface area contributed by atoms with Gasteiger partial charge in [0.05, 0.1) is 6.10 Å². The number of amides is 1. The lowest BCUT2D eigenvalue weighted by Crippen LogP contribution is -2.47. The highest BCUT2D eigenvalue weighted by Crippen LogP contribution is 2.32. The highest BCUT2D eigenvalue weighted by Gasteiger charge is 2.46. The molecule has 3 rings (SSSR count). The zero-order valence-electron chi connectivity index (χ0n) is 17.4. The number of rotatable bonds is 5. The Balaban J connectivity index is 1.66. The number of nitrogens with zero attached hydrogens (tertiary/aromatic N) is 2. The van der Waals surface area contributed by atoms with E-state index < -0.39 is 30.7 Å². The maximum atomic E-state index is 12.6. The highest BCUT2D eigenvalue weighted by atomic mass is 16.7. The number of aliphatic hydroxyl groups excluding tert-OH is 3. The lowest BCUT2D eigenvalue weighted by molar-refractivity contribution is -0.129. The maximum Gasteiger partial charge on any atom is 0.249 e. The first kappa shape index (κ1) is 22.5. The number of aromatic hydroxyl groups is 1. The molecule has 4 N–H and O–H groups in total. The Hall–Kier alpha value is -2.17. The van der Waals surface area contributed by atoms with Crippen molar-refractivity contribution in [1.82, 2.24) is 9.80 Å². The number of carbonyl (C=O) groups is 1. The molecular weight excluding hydrogens is 392 g/mol. The summed E-state index contributed by atoms with van der Waals surface area (Å²) >= 11 is 0. The molecule has 166 valence electrons. The van der Waals surface area contributed by atoms with Gasteiger partial charge in [0.25, 0.3) is 0 Å². The van der Waals surface area contributed by atoms with Crippen LogP contribution in [0.15, 0.2) is 23.8 Å². The number of piperazine rings is 1. The molecule has 9 heteroatoms. The molecular formula is C21H30N2O7. The molecule has 1 amide bonds. The Bertz CT molecular complexity index is 790. The van der Waals surface area contributed by atoms with Crippen LogP contribution in [0.4, 0.5) is 0 Å². The van der Waals surface area contributed by atoms with E-state index in [0.717, 1.165) is 13.1 Å². The summed E-state index contributed by atoms with van der Waals surface area (Å²) in [6, 6.07) is 4.60. The lowest BCUT2D eigenvalue weighted by Gasteiger charge is -2.32. The van der Waals surface area contributed by atoms with E-state index in [1.165, 1.54) is 19.1 Å². The first-order valence-corrected chi connectivity index (χ1v) is 10.0. The molecule has 9 nitrogen and oxygen atoms in total. The van der Waals surface area contributed by atoms with E-state index in [9.17, 15) is 25.2 Å². The van der Waals surface area contributed by atoms with Gasteiger partial charge in [-0.2, -0.15) is 0 Å². The number of phenolic OH excluding ortho intramolecular Hbond substituents is 1. The summed E-state index contributed by atoms with van der Waals surface area (Å²) in [6.07, 6.45) is -4.19. The van der Waals surface area contributed by atoms with Crippen LogP contribution in [0, 0.1) is 0 Å². The average Bonchev–Trinajstić information content (AvgIpc) is 2.98. The number of hydrogen-bond donors (Lipinski definition) is 4. The summed E-state index contributed by atoms with van der Waals surface area (Å²) in [7, 11) is 2.03. The lowest BCUT2D eigenvalue weighted by atomic mass is 10.1. The van der Waals surface area contributed by atoms with Gasteiger partial charge in [-0.05, 0) is 44.7 Å². The third-order valence-electron chi connectivity index (χ3n) is 5.47. The fourth-order valence-electron chi connectivity index (χ4n) is 3.59. The van der Waals surface area contributed by atoms with Crippen molar-refractivity contribution in [2.24, 2.45) is 0 Å². The van der Waals surface area contributed by atoms with Crippen LogP contribution in [0.1, 0.15) is 19.4 Å². The van der Waals surface area contributed by atoms with Gasteiger partial charge in [-0.25, -0.2) is 0 Å². The fraction of sp³-hybridized carbons (Fsp3) is 0.571. The number of ether oxygens (including phenoxy) is 2. The van der Waals surface area contributed by atoms with Crippen LogP contribution in [-0.2, 0) is 9.53 Å². The largest absolute Gasteiger partial charge is 0.504 e. The van der Waals surface area contributed by atoms with E-state index in [0.29, 0.717) is 24.2 Å². The van der Waals surface area contributed by atoms with E-state index in [1.807, 2.05) is 11.9 Å². The summed E-state index contributed by atoms with van der Waals surface area (Å²) < 4.78 is 10.8. The quantitative estimate of drug-likeness (QED) is 0.480. The smallest absolute Gasteiger partial charge is 0.249 e. The third kappa shape index (κ3) is 4.93. The molecule has 0 saturated carbocycles. The zero-order valence-corrected chi connectivity index (χ0v) is 17.4. The van der Waals surface area contributed by atoms with Crippen molar-refractivity contribution in [3.63, 3.8) is 0 Å². The van der Waals surface area contributed by atoms with Gasteiger partial charge in [0, 0.05) is 31.8 Å². The average molecular weight is 422 g/mol. The number of aliphatic hydroxyl groups is 3. The highest BCUT2D eigenvalue weighted by molar-refractivity contribution is 5.97. The van der Waals surface area contributed by atoms with E-state index in [1.54, 1.807) is 19.1 Å². The van der Waals surface area contributed by atoms with E-state index >= 15 is 0 Å². The molecule has 2 aliphatic heterocycles. The van der Waals surface area contributed by atoms with Crippen LogP contribution < -0.4 is 4.74 Å². The normalized spacial score (nSPS) is 29.1. The van der Waals surface area contributed by atoms with Crippen molar-refractivity contribution in [2.75, 3.05) is 33.2 Å². The van der Waals surface area contributed by atoms with E-state index in [2.05, 4.69) is 4.90 Å². The van der Waals surface area contributed by atoms with Gasteiger partial charge in [0.15, 0.2) is 11.5 Å². The molecule has 30 heavy (non-hydrogen) atoms. The van der Waals surface area contributed by atoms with Gasteiger partial charge in [-0.3, -0.25) is 4.79 Å². The molecule has 0 bridgehead atoms. The Kier molecular flexibility index (Phi) is 6.99. The van der Waals surface area contributed by atoms with Gasteiger partial charge in [0.1, 0.15) is 18.3 Å². The summed E-state index contributed by atoms with van der Waals surface area (Å²) in [5.41, 5.74) is 1.18. The number of hydrogen-bond acceptors (Lipinski definition) is 8. The molecule has 2 heterocycles. The summed E-state index contributed by atoms with van der Waals surface area (Å²) in [6.45, 7) is 6.22. The second-order valence-corrected chi connectivity index (χ2v) is 7.96. The molecule has 0 spiro atoms. The molecule has 5 atom stereocenters. The van der Waals surface area contributed by atoms with Crippen LogP contribution in [0.25, 0.3) is 6.08 Å². The zero-order chi connectivity index (χ0) is 22.0. The molecule has 1 aromatic carbocycles. The molecule has 1 aromatic rings. The molecule has 2 saturated heterocycles. The minimum atomic E-state index is -1.37. The SMILES string of the molecule is C/C(=C\c1ccc(O[C@@H]2O[C@H]([C@H](C)O)[C@@H](O)[C@@H]2O)c(O)c1)C(=O)N1CCN(C)CC1. The topological polar surface area (TPSA) is 123 Å². The van der Waals surface area contributed by atoms with Crippen molar-refractivity contribution < 1.29 is 34.7 Å². The minimum Gasteiger partial charge on any atom is -0.504 e. The summed E-state index contributed by atoms with van der Waals surface area (Å²) in [4.78, 5) is 16.6. The Morgan fingerprint density at radius 3 is 2.47 bits per heavy atom. The fourth-order valence-corrected chi connectivity index (χ4v) is 3.59. The summed E-state index contributed by atoms with van der Waals surface area (Å²) in [5.74, 6) is -0.185. The minimum absolute atomic E-state index is 0.0384. The van der Waals surface area contributed by atoms with Gasteiger partial charge in [0.2, 0.25) is 12.2 Å². The molecule has 2 aliphatic rings. The van der Waals surface area contributed by atoms with Crippen LogP contribution in [0.5, 0.6) is 11.5 Å². The first-order valence-electron chi connectivity index (χ1n) is 10.0. The van der Waals surface area contributed by atoms with Gasteiger partial charge in [-0.1, -0.05) is 6.07 Å². The predicted molar refractivity (Wildman–Crippen MR) is 109 cm³/mol. The molecule has 0 aliphatic carbocycles. The first-order chi connectivity index (χ1) is 14.2. The second-order valence-electron chi connectivity index (χ2n) is 7.96. The van der Waals surface area contributed by atoms with E-state index in [4.69, 9.17) is 9.47 Å². The molecule has 0 radical (unpaired) electrons. The van der Waals surface area contributed by atoms with Crippen LogP contribution in [0.2, 0.25) is 0 Å². The summed E-state index contributed by atoms with van der Waals surface area (Å²) in [5, 5.41) is 39.9.